The summed E-state index contributed by atoms with van der Waals surface area (Å²) >= 11 is 0. The van der Waals surface area contributed by atoms with Crippen LogP contribution >= 0.6 is 0 Å². The summed E-state index contributed by atoms with van der Waals surface area (Å²) in [6.07, 6.45) is 0. The number of ether oxygens (including phenoxy) is 1. The molecule has 6 heteroatoms. The number of carbonyl (C=O) groups is 2. The molecule has 0 saturated carbocycles. The van der Waals surface area contributed by atoms with Crippen molar-refractivity contribution in [3.8, 4) is 5.75 Å². The number of aliphatic carboxylic acids is 1. The van der Waals surface area contributed by atoms with Gasteiger partial charge in [0.05, 0.1) is 11.0 Å². The number of amides is 1. The van der Waals surface area contributed by atoms with Gasteiger partial charge in [0, 0.05) is 22.9 Å². The first-order valence-electron chi connectivity index (χ1n) is 10.2. The third-order valence-electron chi connectivity index (χ3n) is 5.70. The number of para-hydroxylation sites is 1. The molecule has 0 bridgehead atoms. The highest BCUT2D eigenvalue weighted by Crippen LogP contribution is 2.37. The minimum Gasteiger partial charge on any atom is -0.480 e. The molecule has 158 valence electrons. The summed E-state index contributed by atoms with van der Waals surface area (Å²) in [7, 11) is 0. The van der Waals surface area contributed by atoms with Gasteiger partial charge in [-0.25, -0.2) is 4.79 Å². The van der Waals surface area contributed by atoms with Gasteiger partial charge in [0.1, 0.15) is 5.75 Å². The minimum atomic E-state index is -1.06. The predicted molar refractivity (Wildman–Crippen MR) is 124 cm³/mol. The molecule has 1 aromatic heterocycles. The van der Waals surface area contributed by atoms with Crippen molar-refractivity contribution in [1.29, 1.82) is 0 Å². The van der Waals surface area contributed by atoms with Crippen molar-refractivity contribution >= 4 is 44.5 Å². The van der Waals surface area contributed by atoms with Crippen molar-refractivity contribution in [3.63, 3.8) is 0 Å². The molecule has 3 N–H and O–H groups in total. The van der Waals surface area contributed by atoms with E-state index < -0.39 is 18.5 Å². The smallest absolute Gasteiger partial charge is 0.341 e. The molecule has 6 nitrogen and oxygen atoms in total. The monoisotopic (exact) mass is 424 g/mol. The van der Waals surface area contributed by atoms with Gasteiger partial charge in [-0.1, -0.05) is 60.7 Å². The summed E-state index contributed by atoms with van der Waals surface area (Å²) in [5.74, 6) is -1.13. The van der Waals surface area contributed by atoms with Crippen molar-refractivity contribution in [2.24, 2.45) is 5.73 Å². The van der Waals surface area contributed by atoms with Crippen LogP contribution in [0.25, 0.3) is 32.6 Å². The van der Waals surface area contributed by atoms with Crippen LogP contribution in [0.5, 0.6) is 5.75 Å². The summed E-state index contributed by atoms with van der Waals surface area (Å²) in [5, 5.41) is 12.9. The van der Waals surface area contributed by atoms with E-state index in [2.05, 4.69) is 28.8 Å². The van der Waals surface area contributed by atoms with Gasteiger partial charge in [0.15, 0.2) is 6.61 Å². The zero-order valence-electron chi connectivity index (χ0n) is 17.1. The SMILES string of the molecule is NC(=O)c1cccc2c1c1cccc(OCC(=O)O)c1n2Cc1cccc2ccccc12. The fourth-order valence-electron chi connectivity index (χ4n) is 4.40. The number of rotatable bonds is 6. The molecule has 5 rings (SSSR count). The first-order valence-corrected chi connectivity index (χ1v) is 10.2. The standard InChI is InChI=1S/C26H20N2O4/c27-26(31)20-11-4-12-21-24(20)19-10-5-13-22(32-15-23(29)30)25(19)28(21)14-17-8-3-7-16-6-1-2-9-18(16)17/h1-13H,14-15H2,(H2,27,31)(H,29,30). The molecule has 32 heavy (non-hydrogen) atoms. The highest BCUT2D eigenvalue weighted by Gasteiger charge is 2.20. The van der Waals surface area contributed by atoms with E-state index in [1.165, 1.54) is 0 Å². The Hall–Kier alpha value is -4.32. The van der Waals surface area contributed by atoms with Gasteiger partial charge >= 0.3 is 5.97 Å². The molecule has 1 amide bonds. The zero-order valence-corrected chi connectivity index (χ0v) is 17.1. The van der Waals surface area contributed by atoms with E-state index in [-0.39, 0.29) is 0 Å². The van der Waals surface area contributed by atoms with Crippen molar-refractivity contribution in [3.05, 3.63) is 90.0 Å². The number of fused-ring (bicyclic) bond motifs is 4. The Kier molecular flexibility index (Phi) is 4.75. The van der Waals surface area contributed by atoms with E-state index in [0.29, 0.717) is 17.9 Å². The van der Waals surface area contributed by atoms with Crippen molar-refractivity contribution < 1.29 is 19.4 Å². The van der Waals surface area contributed by atoms with Crippen LogP contribution in [0.1, 0.15) is 15.9 Å². The number of carboxylic acid groups (broad SMARTS) is 1. The van der Waals surface area contributed by atoms with Crippen LogP contribution in [0.15, 0.2) is 78.9 Å². The molecule has 0 spiro atoms. The normalized spacial score (nSPS) is 11.2. The average molecular weight is 424 g/mol. The van der Waals surface area contributed by atoms with Gasteiger partial charge in [-0.3, -0.25) is 4.79 Å². The van der Waals surface area contributed by atoms with Crippen molar-refractivity contribution in [1.82, 2.24) is 4.57 Å². The van der Waals surface area contributed by atoms with Gasteiger partial charge < -0.3 is 20.1 Å². The summed E-state index contributed by atoms with van der Waals surface area (Å²) in [6, 6.07) is 25.2. The lowest BCUT2D eigenvalue weighted by Gasteiger charge is -2.13. The van der Waals surface area contributed by atoms with Gasteiger partial charge in [-0.15, -0.1) is 0 Å². The number of carboxylic acids is 1. The van der Waals surface area contributed by atoms with E-state index in [9.17, 15) is 9.59 Å². The van der Waals surface area contributed by atoms with Crippen LogP contribution in [0.3, 0.4) is 0 Å². The zero-order chi connectivity index (χ0) is 22.2. The van der Waals surface area contributed by atoms with E-state index >= 15 is 0 Å². The summed E-state index contributed by atoms with van der Waals surface area (Å²) < 4.78 is 7.71. The Labute approximate surface area is 183 Å². The molecule has 0 saturated heterocycles. The molecule has 0 aliphatic rings. The van der Waals surface area contributed by atoms with Crippen molar-refractivity contribution in [2.45, 2.75) is 6.54 Å². The maximum absolute atomic E-state index is 12.2. The Morgan fingerprint density at radius 2 is 1.59 bits per heavy atom. The molecule has 5 aromatic rings. The van der Waals surface area contributed by atoms with Crippen LogP contribution < -0.4 is 10.5 Å². The lowest BCUT2D eigenvalue weighted by molar-refractivity contribution is -0.139. The van der Waals surface area contributed by atoms with Gasteiger partial charge in [0.2, 0.25) is 5.91 Å². The Bertz CT molecular complexity index is 1510. The predicted octanol–water partition coefficient (Wildman–Crippen LogP) is 4.56. The molecule has 0 aliphatic heterocycles. The number of hydrogen-bond acceptors (Lipinski definition) is 3. The van der Waals surface area contributed by atoms with Crippen LogP contribution in [0.4, 0.5) is 0 Å². The molecular weight excluding hydrogens is 404 g/mol. The minimum absolute atomic E-state index is 0.416. The summed E-state index contributed by atoms with van der Waals surface area (Å²) in [5.41, 5.74) is 8.76. The molecule has 1 heterocycles. The van der Waals surface area contributed by atoms with Gasteiger partial charge in [0.25, 0.3) is 0 Å². The van der Waals surface area contributed by atoms with Crippen LogP contribution in [0.2, 0.25) is 0 Å². The number of nitrogens with zero attached hydrogens (tertiary/aromatic N) is 1. The fourth-order valence-corrected chi connectivity index (χ4v) is 4.40. The second-order valence-electron chi connectivity index (χ2n) is 7.62. The van der Waals surface area contributed by atoms with E-state index in [1.54, 1.807) is 24.3 Å². The number of hydrogen-bond donors (Lipinski definition) is 2. The Balaban J connectivity index is 1.82. The molecule has 4 aromatic carbocycles. The highest BCUT2D eigenvalue weighted by molar-refractivity contribution is 6.19. The second-order valence-corrected chi connectivity index (χ2v) is 7.62. The first-order chi connectivity index (χ1) is 15.5. The lowest BCUT2D eigenvalue weighted by Crippen LogP contribution is -2.11. The number of primary amides is 1. The first kappa shape index (κ1) is 19.6. The topological polar surface area (TPSA) is 94.6 Å². The molecule has 0 unspecified atom stereocenters. The lowest BCUT2D eigenvalue weighted by atomic mass is 10.0. The quantitative estimate of drug-likeness (QED) is 0.418. The van der Waals surface area contributed by atoms with Crippen LogP contribution in [-0.2, 0) is 11.3 Å². The fraction of sp³-hybridized carbons (Fsp3) is 0.0769. The average Bonchev–Trinajstić information content (AvgIpc) is 3.12. The Morgan fingerprint density at radius 1 is 0.875 bits per heavy atom. The number of benzene rings is 4. The molecule has 0 fully saturated rings. The second kappa shape index (κ2) is 7.74. The van der Waals surface area contributed by atoms with Crippen LogP contribution in [-0.4, -0.2) is 28.2 Å². The summed E-state index contributed by atoms with van der Waals surface area (Å²) in [6.45, 7) is 0.0502. The molecule has 0 aliphatic carbocycles. The molecule has 0 radical (unpaired) electrons. The third kappa shape index (κ3) is 3.22. The van der Waals surface area contributed by atoms with Crippen molar-refractivity contribution in [2.75, 3.05) is 6.61 Å². The molecule has 0 atom stereocenters. The van der Waals surface area contributed by atoms with E-state index in [0.717, 1.165) is 38.1 Å². The van der Waals surface area contributed by atoms with E-state index in [1.807, 2.05) is 30.3 Å². The maximum atomic E-state index is 12.2. The maximum Gasteiger partial charge on any atom is 0.341 e. The van der Waals surface area contributed by atoms with Gasteiger partial charge in [-0.05, 0) is 34.5 Å². The highest BCUT2D eigenvalue weighted by atomic mass is 16.5. The number of nitrogens with two attached hydrogens (primary N) is 1. The number of aromatic nitrogens is 1. The Morgan fingerprint density at radius 3 is 2.41 bits per heavy atom. The van der Waals surface area contributed by atoms with Crippen LogP contribution in [0, 0.1) is 0 Å². The largest absolute Gasteiger partial charge is 0.480 e. The van der Waals surface area contributed by atoms with Gasteiger partial charge in [-0.2, -0.15) is 0 Å². The molecular formula is C26H20N2O4. The number of carbonyl (C=O) groups excluding carboxylic acids is 1. The third-order valence-corrected chi connectivity index (χ3v) is 5.70. The summed E-state index contributed by atoms with van der Waals surface area (Å²) in [4.78, 5) is 23.4. The van der Waals surface area contributed by atoms with E-state index in [4.69, 9.17) is 15.6 Å².